The number of hydrogen-bond donors (Lipinski definition) is 0. The average molecular weight is 400 g/mol. The van der Waals surface area contributed by atoms with Gasteiger partial charge in [0.15, 0.2) is 33.0 Å². The average Bonchev–Trinajstić information content (AvgIpc) is 2.63. The van der Waals surface area contributed by atoms with Crippen molar-refractivity contribution in [1.29, 1.82) is 0 Å². The third-order valence-electron chi connectivity index (χ3n) is 3.73. The Hall–Kier alpha value is -1.03. The Balaban J connectivity index is 2.26. The van der Waals surface area contributed by atoms with Gasteiger partial charge in [-0.3, -0.25) is 0 Å². The number of halogens is 5. The molecule has 0 amide bonds. The minimum absolute atomic E-state index is 0.184. The predicted molar refractivity (Wildman–Crippen MR) is 89.9 cm³/mol. The lowest BCUT2D eigenvalue weighted by molar-refractivity contribution is -0.243. The molecule has 1 aromatic rings. The van der Waals surface area contributed by atoms with Crippen LogP contribution in [0.2, 0.25) is 6.04 Å². The highest BCUT2D eigenvalue weighted by molar-refractivity contribution is 6.27. The maximum Gasteiger partial charge on any atom is 0.261 e. The Bertz CT molecular complexity index is 525. The SMILES string of the molecule is CCOC(OCC)O[SiH2]CCCCCCc1c(F)c(F)c(F)c(F)c1F. The first-order valence-corrected chi connectivity index (χ1v) is 10.4. The normalized spacial score (nSPS) is 12.0. The van der Waals surface area contributed by atoms with Crippen LogP contribution < -0.4 is 0 Å². The molecule has 0 saturated carbocycles. The Morgan fingerprint density at radius 1 is 0.731 bits per heavy atom. The fraction of sp³-hybridized carbons (Fsp3) is 0.647. The second-order valence-corrected chi connectivity index (χ2v) is 7.09. The van der Waals surface area contributed by atoms with Crippen LogP contribution in [-0.2, 0) is 20.3 Å². The smallest absolute Gasteiger partial charge is 0.261 e. The maximum atomic E-state index is 13.5. The molecule has 0 atom stereocenters. The highest BCUT2D eigenvalue weighted by Crippen LogP contribution is 2.24. The molecule has 150 valence electrons. The van der Waals surface area contributed by atoms with Crippen molar-refractivity contribution in [3.63, 3.8) is 0 Å². The van der Waals surface area contributed by atoms with Crippen LogP contribution in [0.1, 0.15) is 45.1 Å². The number of benzene rings is 1. The Morgan fingerprint density at radius 2 is 1.23 bits per heavy atom. The fourth-order valence-electron chi connectivity index (χ4n) is 2.40. The number of hydrogen-bond acceptors (Lipinski definition) is 3. The molecule has 0 N–H and O–H groups in total. The van der Waals surface area contributed by atoms with E-state index in [1.165, 1.54) is 0 Å². The maximum absolute atomic E-state index is 13.5. The highest BCUT2D eigenvalue weighted by Gasteiger charge is 2.24. The Labute approximate surface area is 152 Å². The van der Waals surface area contributed by atoms with Crippen LogP contribution >= 0.6 is 0 Å². The second-order valence-electron chi connectivity index (χ2n) is 5.64. The van der Waals surface area contributed by atoms with E-state index in [2.05, 4.69) is 0 Å². The number of rotatable bonds is 13. The molecule has 3 nitrogen and oxygen atoms in total. The predicted octanol–water partition coefficient (Wildman–Crippen LogP) is 4.36. The van der Waals surface area contributed by atoms with Gasteiger partial charge < -0.3 is 13.9 Å². The lowest BCUT2D eigenvalue weighted by atomic mass is 10.0. The molecular weight excluding hydrogens is 375 g/mol. The van der Waals surface area contributed by atoms with E-state index in [-0.39, 0.29) is 6.42 Å². The monoisotopic (exact) mass is 400 g/mol. The van der Waals surface area contributed by atoms with Gasteiger partial charge in [0.1, 0.15) is 0 Å². The van der Waals surface area contributed by atoms with E-state index in [0.717, 1.165) is 18.9 Å². The van der Waals surface area contributed by atoms with Crippen LogP contribution in [0, 0.1) is 29.1 Å². The van der Waals surface area contributed by atoms with E-state index in [9.17, 15) is 22.0 Å². The molecule has 26 heavy (non-hydrogen) atoms. The molecule has 0 aliphatic carbocycles. The van der Waals surface area contributed by atoms with E-state index in [1.54, 1.807) is 0 Å². The molecule has 0 saturated heterocycles. The number of unbranched alkanes of at least 4 members (excludes halogenated alkanes) is 3. The number of ether oxygens (including phenoxy) is 2. The van der Waals surface area contributed by atoms with Crippen molar-refractivity contribution in [3.8, 4) is 0 Å². The van der Waals surface area contributed by atoms with Crippen molar-refractivity contribution < 1.29 is 35.9 Å². The largest absolute Gasteiger partial charge is 0.379 e. The molecule has 0 spiro atoms. The quantitative estimate of drug-likeness (QED) is 0.123. The van der Waals surface area contributed by atoms with Crippen LogP contribution in [0.3, 0.4) is 0 Å². The third kappa shape index (κ3) is 6.94. The molecule has 0 fully saturated rings. The minimum Gasteiger partial charge on any atom is -0.379 e. The summed E-state index contributed by atoms with van der Waals surface area (Å²) in [6.45, 7) is 4.07. The zero-order chi connectivity index (χ0) is 19.5. The Kier molecular flexibility index (Phi) is 10.9. The lowest BCUT2D eigenvalue weighted by Crippen LogP contribution is -2.22. The molecule has 0 aliphatic rings. The van der Waals surface area contributed by atoms with Crippen LogP contribution in [-0.4, -0.2) is 29.5 Å². The molecule has 0 heterocycles. The summed E-state index contributed by atoms with van der Waals surface area (Å²) in [5, 5.41) is 0. The van der Waals surface area contributed by atoms with E-state index < -0.39 is 50.9 Å². The second kappa shape index (κ2) is 12.4. The van der Waals surface area contributed by atoms with Crippen molar-refractivity contribution in [2.75, 3.05) is 13.2 Å². The van der Waals surface area contributed by atoms with Crippen LogP contribution in [0.25, 0.3) is 0 Å². The van der Waals surface area contributed by atoms with Crippen molar-refractivity contribution in [2.45, 2.75) is 58.5 Å². The van der Waals surface area contributed by atoms with Gasteiger partial charge in [0.05, 0.1) is 0 Å². The van der Waals surface area contributed by atoms with E-state index in [0.29, 0.717) is 26.1 Å². The fourth-order valence-corrected chi connectivity index (χ4v) is 3.51. The Morgan fingerprint density at radius 3 is 1.77 bits per heavy atom. The standard InChI is InChI=1S/C17H25F5O3Si/c1-3-23-17(24-4-2)25-26-10-8-6-5-7-9-11-12(18)14(20)16(22)15(21)13(11)19/h17H,3-10,26H2,1-2H3. The molecule has 0 bridgehead atoms. The molecule has 0 radical (unpaired) electrons. The summed E-state index contributed by atoms with van der Waals surface area (Å²) >= 11 is 0. The van der Waals surface area contributed by atoms with Gasteiger partial charge in [0, 0.05) is 18.8 Å². The first-order chi connectivity index (χ1) is 12.4. The lowest BCUT2D eigenvalue weighted by Gasteiger charge is -2.17. The van der Waals surface area contributed by atoms with Gasteiger partial charge in [-0.1, -0.05) is 19.3 Å². The molecule has 1 aromatic carbocycles. The first kappa shape index (κ1) is 23.0. The molecule has 1 rings (SSSR count). The molecule has 0 aromatic heterocycles. The molecule has 0 unspecified atom stereocenters. The van der Waals surface area contributed by atoms with Gasteiger partial charge in [-0.25, -0.2) is 22.0 Å². The molecule has 0 aliphatic heterocycles. The summed E-state index contributed by atoms with van der Waals surface area (Å²) in [5.74, 6) is -9.37. The topological polar surface area (TPSA) is 27.7 Å². The summed E-state index contributed by atoms with van der Waals surface area (Å²) in [4.78, 5) is 0. The van der Waals surface area contributed by atoms with E-state index in [1.807, 2.05) is 13.8 Å². The van der Waals surface area contributed by atoms with Gasteiger partial charge in [-0.15, -0.1) is 0 Å². The summed E-state index contributed by atoms with van der Waals surface area (Å²) in [5.41, 5.74) is -0.740. The summed E-state index contributed by atoms with van der Waals surface area (Å²) in [6.07, 6.45) is 2.46. The first-order valence-electron chi connectivity index (χ1n) is 8.79. The van der Waals surface area contributed by atoms with Crippen LogP contribution in [0.4, 0.5) is 22.0 Å². The van der Waals surface area contributed by atoms with Gasteiger partial charge in [-0.2, -0.15) is 0 Å². The summed E-state index contributed by atoms with van der Waals surface area (Å²) in [6, 6.07) is 0.888. The highest BCUT2D eigenvalue weighted by atomic mass is 28.2. The van der Waals surface area contributed by atoms with Gasteiger partial charge in [0.25, 0.3) is 6.48 Å². The van der Waals surface area contributed by atoms with Crippen molar-refractivity contribution in [2.24, 2.45) is 0 Å². The molecular formula is C17H25F5O3Si. The van der Waals surface area contributed by atoms with Gasteiger partial charge >= 0.3 is 0 Å². The summed E-state index contributed by atoms with van der Waals surface area (Å²) in [7, 11) is -0.801. The van der Waals surface area contributed by atoms with Gasteiger partial charge in [0.2, 0.25) is 5.82 Å². The van der Waals surface area contributed by atoms with Crippen LogP contribution in [0.15, 0.2) is 0 Å². The van der Waals surface area contributed by atoms with E-state index >= 15 is 0 Å². The minimum atomic E-state index is -2.12. The van der Waals surface area contributed by atoms with Crippen LogP contribution in [0.5, 0.6) is 0 Å². The van der Waals surface area contributed by atoms with Crippen molar-refractivity contribution in [1.82, 2.24) is 0 Å². The summed E-state index contributed by atoms with van der Waals surface area (Å²) < 4.78 is 82.3. The molecule has 9 heteroatoms. The zero-order valence-corrected chi connectivity index (χ0v) is 16.5. The van der Waals surface area contributed by atoms with Crippen molar-refractivity contribution in [3.05, 3.63) is 34.6 Å². The van der Waals surface area contributed by atoms with Gasteiger partial charge in [-0.05, 0) is 32.7 Å². The third-order valence-corrected chi connectivity index (χ3v) is 5.03. The zero-order valence-electron chi connectivity index (χ0n) is 15.1. The van der Waals surface area contributed by atoms with Crippen molar-refractivity contribution >= 4 is 9.76 Å². The van der Waals surface area contributed by atoms with E-state index in [4.69, 9.17) is 13.9 Å².